The second-order valence-corrected chi connectivity index (χ2v) is 10.0. The van der Waals surface area contributed by atoms with E-state index in [9.17, 15) is 14.4 Å². The van der Waals surface area contributed by atoms with Crippen LogP contribution in [0.3, 0.4) is 0 Å². The molecular formula is C25H37N3O5. The highest BCUT2D eigenvalue weighted by atomic mass is 16.5. The summed E-state index contributed by atoms with van der Waals surface area (Å²) >= 11 is 0. The minimum atomic E-state index is -0.637. The quantitative estimate of drug-likeness (QED) is 0.658. The Kier molecular flexibility index (Phi) is 8.00. The second-order valence-electron chi connectivity index (χ2n) is 10.0. The molecule has 2 aliphatic rings. The van der Waals surface area contributed by atoms with Crippen molar-refractivity contribution in [2.75, 3.05) is 20.7 Å². The van der Waals surface area contributed by atoms with Gasteiger partial charge >= 0.3 is 12.1 Å². The Morgan fingerprint density at radius 3 is 2.48 bits per heavy atom. The third kappa shape index (κ3) is 6.05. The van der Waals surface area contributed by atoms with Crippen LogP contribution in [-0.2, 0) is 25.7 Å². The number of carbonyl (C=O) groups is 3. The van der Waals surface area contributed by atoms with Crippen molar-refractivity contribution in [3.05, 3.63) is 35.9 Å². The van der Waals surface area contributed by atoms with Gasteiger partial charge < -0.3 is 19.7 Å². The molecule has 0 radical (unpaired) electrons. The maximum absolute atomic E-state index is 13.1. The van der Waals surface area contributed by atoms with Gasteiger partial charge in [0.25, 0.3) is 0 Å². The van der Waals surface area contributed by atoms with Crippen molar-refractivity contribution in [2.45, 2.75) is 76.7 Å². The van der Waals surface area contributed by atoms with Crippen LogP contribution in [0.2, 0.25) is 0 Å². The molecule has 3 rings (SSSR count). The minimum absolute atomic E-state index is 0.0171. The highest BCUT2D eigenvalue weighted by Gasteiger charge is 2.46. The zero-order valence-electron chi connectivity index (χ0n) is 20.4. The molecule has 0 unspecified atom stereocenters. The van der Waals surface area contributed by atoms with E-state index in [1.807, 2.05) is 30.3 Å². The number of hydrogen-bond acceptors (Lipinski definition) is 6. The van der Waals surface area contributed by atoms with Crippen LogP contribution in [-0.4, -0.2) is 72.1 Å². The molecule has 1 heterocycles. The Hall–Kier alpha value is -2.61. The number of ether oxygens (including phenoxy) is 2. The van der Waals surface area contributed by atoms with Crippen LogP contribution < -0.4 is 5.32 Å². The fourth-order valence-electron chi connectivity index (χ4n) is 4.88. The first-order chi connectivity index (χ1) is 15.6. The van der Waals surface area contributed by atoms with Gasteiger partial charge in [-0.3, -0.25) is 14.5 Å². The molecule has 1 saturated heterocycles. The fourth-order valence-corrected chi connectivity index (χ4v) is 4.88. The van der Waals surface area contributed by atoms with Gasteiger partial charge in [0.15, 0.2) is 0 Å². The smallest absolute Gasteiger partial charge is 0.408 e. The standard InChI is InChI=1S/C25H37N3O5/c1-25(2,3)27(4)18-11-12-21(19(15-18)23(30)32-5)28-14-13-20(22(28)29)26-24(31)33-16-17-9-7-6-8-10-17/h6-10,18-21H,11-16H2,1-5H3,(H,26,31)/t18-,19-,20+,21+/m1/s1. The predicted molar refractivity (Wildman–Crippen MR) is 124 cm³/mol. The summed E-state index contributed by atoms with van der Waals surface area (Å²) in [6.07, 6.45) is 2.15. The number of methoxy groups -OCH3 is 1. The molecular weight excluding hydrogens is 422 g/mol. The number of rotatable bonds is 6. The monoisotopic (exact) mass is 459 g/mol. The lowest BCUT2D eigenvalue weighted by atomic mass is 9.79. The van der Waals surface area contributed by atoms with Gasteiger partial charge in [0.2, 0.25) is 5.91 Å². The van der Waals surface area contributed by atoms with Gasteiger partial charge in [-0.15, -0.1) is 0 Å². The predicted octanol–water partition coefficient (Wildman–Crippen LogP) is 2.95. The Balaban J connectivity index is 1.60. The van der Waals surface area contributed by atoms with Crippen LogP contribution in [0.1, 0.15) is 52.0 Å². The average Bonchev–Trinajstić information content (AvgIpc) is 3.16. The topological polar surface area (TPSA) is 88.2 Å². The first-order valence-corrected chi connectivity index (χ1v) is 11.7. The molecule has 8 nitrogen and oxygen atoms in total. The lowest BCUT2D eigenvalue weighted by Crippen LogP contribution is -2.55. The van der Waals surface area contributed by atoms with Crippen molar-refractivity contribution in [3.8, 4) is 0 Å². The van der Waals surface area contributed by atoms with Crippen LogP contribution in [0.4, 0.5) is 4.79 Å². The van der Waals surface area contributed by atoms with Crippen molar-refractivity contribution in [1.82, 2.24) is 15.1 Å². The Morgan fingerprint density at radius 2 is 1.85 bits per heavy atom. The SMILES string of the molecule is COC(=O)[C@@H]1C[C@H](N(C)C(C)(C)C)CC[C@@H]1N1CC[C@H](NC(=O)OCc2ccccc2)C1=O. The fraction of sp³-hybridized carbons (Fsp3) is 0.640. The van der Waals surface area contributed by atoms with Crippen molar-refractivity contribution in [3.63, 3.8) is 0 Å². The molecule has 0 spiro atoms. The van der Waals surface area contributed by atoms with E-state index < -0.39 is 12.1 Å². The van der Waals surface area contributed by atoms with E-state index in [1.54, 1.807) is 4.90 Å². The molecule has 1 aliphatic carbocycles. The van der Waals surface area contributed by atoms with Crippen LogP contribution in [0, 0.1) is 5.92 Å². The molecule has 8 heteroatoms. The van der Waals surface area contributed by atoms with Crippen molar-refractivity contribution >= 4 is 18.0 Å². The highest BCUT2D eigenvalue weighted by Crippen LogP contribution is 2.36. The van der Waals surface area contributed by atoms with E-state index in [-0.39, 0.29) is 42.0 Å². The molecule has 1 aromatic rings. The van der Waals surface area contributed by atoms with Gasteiger partial charge in [-0.05, 0) is 59.1 Å². The number of hydrogen-bond donors (Lipinski definition) is 1. The number of carbonyl (C=O) groups excluding carboxylic acids is 3. The van der Waals surface area contributed by atoms with Gasteiger partial charge in [0.1, 0.15) is 12.6 Å². The maximum Gasteiger partial charge on any atom is 0.408 e. The van der Waals surface area contributed by atoms with Gasteiger partial charge in [0, 0.05) is 24.2 Å². The van der Waals surface area contributed by atoms with E-state index in [0.717, 1.165) is 18.4 Å². The first-order valence-electron chi connectivity index (χ1n) is 11.7. The maximum atomic E-state index is 13.1. The van der Waals surface area contributed by atoms with Gasteiger partial charge in [-0.2, -0.15) is 0 Å². The number of amides is 2. The van der Waals surface area contributed by atoms with Crippen LogP contribution in [0.25, 0.3) is 0 Å². The summed E-state index contributed by atoms with van der Waals surface area (Å²) in [6.45, 7) is 7.11. The summed E-state index contributed by atoms with van der Waals surface area (Å²) in [5.41, 5.74) is 0.862. The third-order valence-corrected chi connectivity index (χ3v) is 7.04. The van der Waals surface area contributed by atoms with E-state index in [1.165, 1.54) is 7.11 Å². The Labute approximate surface area is 196 Å². The van der Waals surface area contributed by atoms with Crippen LogP contribution >= 0.6 is 0 Å². The number of likely N-dealkylation sites (tertiary alicyclic amines) is 1. The van der Waals surface area contributed by atoms with Gasteiger partial charge in [-0.1, -0.05) is 30.3 Å². The molecule has 4 atom stereocenters. The number of nitrogens with one attached hydrogen (secondary N) is 1. The van der Waals surface area contributed by atoms with E-state index in [4.69, 9.17) is 9.47 Å². The summed E-state index contributed by atoms with van der Waals surface area (Å²) in [7, 11) is 3.48. The summed E-state index contributed by atoms with van der Waals surface area (Å²) in [5.74, 6) is -0.821. The minimum Gasteiger partial charge on any atom is -0.469 e. The summed E-state index contributed by atoms with van der Waals surface area (Å²) in [6, 6.07) is 8.77. The van der Waals surface area contributed by atoms with Crippen molar-refractivity contribution in [2.24, 2.45) is 5.92 Å². The molecule has 0 aromatic heterocycles. The Bertz CT molecular complexity index is 838. The zero-order valence-corrected chi connectivity index (χ0v) is 20.4. The molecule has 33 heavy (non-hydrogen) atoms. The van der Waals surface area contributed by atoms with Gasteiger partial charge in [-0.25, -0.2) is 4.79 Å². The highest BCUT2D eigenvalue weighted by molar-refractivity contribution is 5.88. The van der Waals surface area contributed by atoms with E-state index in [2.05, 4.69) is 38.0 Å². The van der Waals surface area contributed by atoms with Crippen molar-refractivity contribution in [1.29, 1.82) is 0 Å². The van der Waals surface area contributed by atoms with E-state index >= 15 is 0 Å². The van der Waals surface area contributed by atoms with Crippen LogP contribution in [0.15, 0.2) is 30.3 Å². The summed E-state index contributed by atoms with van der Waals surface area (Å²) in [4.78, 5) is 42.1. The molecule has 1 N–H and O–H groups in total. The zero-order chi connectivity index (χ0) is 24.2. The lowest BCUT2D eigenvalue weighted by molar-refractivity contribution is -0.152. The normalized spacial score (nSPS) is 25.8. The summed E-state index contributed by atoms with van der Waals surface area (Å²) in [5, 5.41) is 2.70. The van der Waals surface area contributed by atoms with Gasteiger partial charge in [0.05, 0.1) is 13.0 Å². The molecule has 1 saturated carbocycles. The Morgan fingerprint density at radius 1 is 1.15 bits per heavy atom. The number of alkyl carbamates (subject to hydrolysis) is 1. The largest absolute Gasteiger partial charge is 0.469 e. The molecule has 2 amide bonds. The molecule has 2 fully saturated rings. The molecule has 182 valence electrons. The lowest BCUT2D eigenvalue weighted by Gasteiger charge is -2.46. The number of benzene rings is 1. The number of nitrogens with zero attached hydrogens (tertiary/aromatic N) is 2. The van der Waals surface area contributed by atoms with E-state index in [0.29, 0.717) is 19.4 Å². The third-order valence-electron chi connectivity index (χ3n) is 7.04. The second kappa shape index (κ2) is 10.5. The molecule has 1 aliphatic heterocycles. The number of esters is 1. The molecule has 0 bridgehead atoms. The summed E-state index contributed by atoms with van der Waals surface area (Å²) < 4.78 is 10.4. The van der Waals surface area contributed by atoms with Crippen molar-refractivity contribution < 1.29 is 23.9 Å². The average molecular weight is 460 g/mol. The molecule has 1 aromatic carbocycles. The van der Waals surface area contributed by atoms with Crippen LogP contribution in [0.5, 0.6) is 0 Å². The first kappa shape index (κ1) is 25.0.